The van der Waals surface area contributed by atoms with Gasteiger partial charge in [0, 0.05) is 6.07 Å². The third-order valence-corrected chi connectivity index (χ3v) is 4.82. The molecule has 2 rings (SSSR count). The number of aromatic nitrogens is 2. The molecule has 0 spiro atoms. The van der Waals surface area contributed by atoms with Crippen molar-refractivity contribution < 1.29 is 13.2 Å². The van der Waals surface area contributed by atoms with E-state index >= 15 is 0 Å². The summed E-state index contributed by atoms with van der Waals surface area (Å²) in [7, 11) is -2.09. The normalized spacial score (nSPS) is 11.2. The first-order chi connectivity index (χ1) is 8.51. The fourth-order valence-corrected chi connectivity index (χ4v) is 3.38. The second-order valence-electron chi connectivity index (χ2n) is 3.39. The molecule has 2 aromatic heterocycles. The Morgan fingerprint density at radius 2 is 2.06 bits per heavy atom. The number of thiazole rings is 1. The van der Waals surface area contributed by atoms with Gasteiger partial charge in [-0.2, -0.15) is 0 Å². The zero-order valence-electron chi connectivity index (χ0n) is 9.75. The SMILES string of the molecule is COc1ccc(NS(=O)(=O)c2cnc(C)s2)cn1. The smallest absolute Gasteiger partial charge is 0.273 e. The Kier molecular flexibility index (Phi) is 3.48. The summed E-state index contributed by atoms with van der Waals surface area (Å²) in [6, 6.07) is 3.16. The van der Waals surface area contributed by atoms with E-state index in [1.807, 2.05) is 0 Å². The topological polar surface area (TPSA) is 81.2 Å². The first-order valence-corrected chi connectivity index (χ1v) is 7.26. The number of hydrogen-bond donors (Lipinski definition) is 1. The van der Waals surface area contributed by atoms with E-state index < -0.39 is 10.0 Å². The van der Waals surface area contributed by atoms with Crippen molar-refractivity contribution in [2.45, 2.75) is 11.1 Å². The van der Waals surface area contributed by atoms with Gasteiger partial charge in [-0.05, 0) is 13.0 Å². The molecule has 2 heterocycles. The van der Waals surface area contributed by atoms with Crippen LogP contribution in [0.25, 0.3) is 0 Å². The molecule has 0 aliphatic carbocycles. The van der Waals surface area contributed by atoms with Crippen LogP contribution in [0.3, 0.4) is 0 Å². The van der Waals surface area contributed by atoms with Crippen molar-refractivity contribution >= 4 is 27.0 Å². The van der Waals surface area contributed by atoms with Crippen LogP contribution in [-0.2, 0) is 10.0 Å². The Bertz CT molecular complexity index is 635. The summed E-state index contributed by atoms with van der Waals surface area (Å²) in [5.41, 5.74) is 0.377. The van der Waals surface area contributed by atoms with Crippen LogP contribution in [0.2, 0.25) is 0 Å². The van der Waals surface area contributed by atoms with Crippen molar-refractivity contribution in [1.82, 2.24) is 9.97 Å². The van der Waals surface area contributed by atoms with Crippen LogP contribution >= 0.6 is 11.3 Å². The Morgan fingerprint density at radius 1 is 1.28 bits per heavy atom. The molecule has 0 unspecified atom stereocenters. The molecule has 0 saturated heterocycles. The second kappa shape index (κ2) is 4.91. The van der Waals surface area contributed by atoms with E-state index in [0.717, 1.165) is 11.3 Å². The van der Waals surface area contributed by atoms with E-state index in [-0.39, 0.29) is 4.21 Å². The van der Waals surface area contributed by atoms with Gasteiger partial charge in [0.1, 0.15) is 0 Å². The van der Waals surface area contributed by atoms with Crippen LogP contribution in [0.5, 0.6) is 5.88 Å². The van der Waals surface area contributed by atoms with Crippen LogP contribution in [0.1, 0.15) is 5.01 Å². The molecule has 96 valence electrons. The number of aryl methyl sites for hydroxylation is 1. The molecule has 0 aliphatic rings. The maximum Gasteiger partial charge on any atom is 0.273 e. The van der Waals surface area contributed by atoms with Crippen molar-refractivity contribution in [3.63, 3.8) is 0 Å². The zero-order chi connectivity index (χ0) is 13.2. The van der Waals surface area contributed by atoms with Gasteiger partial charge in [0.05, 0.1) is 30.2 Å². The highest BCUT2D eigenvalue weighted by molar-refractivity contribution is 7.94. The van der Waals surface area contributed by atoms with Crippen LogP contribution in [-0.4, -0.2) is 25.5 Å². The Hall–Kier alpha value is -1.67. The summed E-state index contributed by atoms with van der Waals surface area (Å²) < 4.78 is 31.4. The lowest BCUT2D eigenvalue weighted by atomic mass is 10.4. The zero-order valence-corrected chi connectivity index (χ0v) is 11.4. The molecule has 18 heavy (non-hydrogen) atoms. The molecule has 0 bridgehead atoms. The van der Waals surface area contributed by atoms with Crippen LogP contribution < -0.4 is 9.46 Å². The lowest BCUT2D eigenvalue weighted by Gasteiger charge is -2.05. The highest BCUT2D eigenvalue weighted by Gasteiger charge is 2.17. The molecule has 0 fully saturated rings. The number of pyridine rings is 1. The quantitative estimate of drug-likeness (QED) is 0.924. The van der Waals surface area contributed by atoms with Crippen LogP contribution in [0, 0.1) is 6.92 Å². The highest BCUT2D eigenvalue weighted by atomic mass is 32.2. The number of sulfonamides is 1. The monoisotopic (exact) mass is 285 g/mol. The number of hydrogen-bond acceptors (Lipinski definition) is 6. The summed E-state index contributed by atoms with van der Waals surface area (Å²) in [6.07, 6.45) is 2.73. The Labute approximate surface area is 109 Å². The molecule has 8 heteroatoms. The summed E-state index contributed by atoms with van der Waals surface area (Å²) in [4.78, 5) is 7.83. The van der Waals surface area contributed by atoms with E-state index in [1.165, 1.54) is 19.5 Å². The van der Waals surface area contributed by atoms with Gasteiger partial charge in [0.2, 0.25) is 5.88 Å². The fraction of sp³-hybridized carbons (Fsp3) is 0.200. The maximum atomic E-state index is 12.0. The number of anilines is 1. The van der Waals surface area contributed by atoms with Crippen molar-refractivity contribution in [3.8, 4) is 5.88 Å². The van der Waals surface area contributed by atoms with Crippen LogP contribution in [0.4, 0.5) is 5.69 Å². The average Bonchev–Trinajstić information content (AvgIpc) is 2.77. The molecule has 1 N–H and O–H groups in total. The summed E-state index contributed by atoms with van der Waals surface area (Å²) in [5.74, 6) is 0.423. The molecule has 6 nitrogen and oxygen atoms in total. The van der Waals surface area contributed by atoms with Gasteiger partial charge in [-0.3, -0.25) is 4.72 Å². The average molecular weight is 285 g/mol. The van der Waals surface area contributed by atoms with Crippen LogP contribution in [0.15, 0.2) is 28.7 Å². The third-order valence-electron chi connectivity index (χ3n) is 2.06. The third kappa shape index (κ3) is 2.77. The van der Waals surface area contributed by atoms with E-state index in [1.54, 1.807) is 19.1 Å². The minimum Gasteiger partial charge on any atom is -0.481 e. The molecule has 2 aromatic rings. The Balaban J connectivity index is 2.22. The summed E-state index contributed by atoms with van der Waals surface area (Å²) in [5, 5.41) is 0.697. The number of ether oxygens (including phenoxy) is 1. The lowest BCUT2D eigenvalue weighted by molar-refractivity contribution is 0.398. The van der Waals surface area contributed by atoms with E-state index in [2.05, 4.69) is 14.7 Å². The minimum absolute atomic E-state index is 0.177. The van der Waals surface area contributed by atoms with Gasteiger partial charge in [0.15, 0.2) is 4.21 Å². The van der Waals surface area contributed by atoms with E-state index in [9.17, 15) is 8.42 Å². The second-order valence-corrected chi connectivity index (χ2v) is 6.54. The van der Waals surface area contributed by atoms with Gasteiger partial charge < -0.3 is 4.74 Å². The summed E-state index contributed by atoms with van der Waals surface area (Å²) >= 11 is 1.11. The van der Waals surface area contributed by atoms with Gasteiger partial charge in [0.25, 0.3) is 10.0 Å². The first-order valence-electron chi connectivity index (χ1n) is 4.96. The van der Waals surface area contributed by atoms with Crippen molar-refractivity contribution in [2.75, 3.05) is 11.8 Å². The standard InChI is InChI=1S/C10H11N3O3S2/c1-7-11-6-10(17-7)18(14,15)13-8-3-4-9(16-2)12-5-8/h3-6,13H,1-2H3. The number of rotatable bonds is 4. The minimum atomic E-state index is -3.59. The number of nitrogens with one attached hydrogen (secondary N) is 1. The number of methoxy groups -OCH3 is 1. The van der Waals surface area contributed by atoms with E-state index in [4.69, 9.17) is 4.74 Å². The van der Waals surface area contributed by atoms with Crippen molar-refractivity contribution in [3.05, 3.63) is 29.5 Å². The van der Waals surface area contributed by atoms with Gasteiger partial charge >= 0.3 is 0 Å². The molecule has 0 aliphatic heterocycles. The Morgan fingerprint density at radius 3 is 2.56 bits per heavy atom. The van der Waals surface area contributed by atoms with Gasteiger partial charge in [-0.1, -0.05) is 0 Å². The number of nitrogens with zero attached hydrogens (tertiary/aromatic N) is 2. The predicted octanol–water partition coefficient (Wildman–Crippen LogP) is 1.66. The molecular weight excluding hydrogens is 274 g/mol. The highest BCUT2D eigenvalue weighted by Crippen LogP contribution is 2.21. The molecule has 0 saturated carbocycles. The van der Waals surface area contributed by atoms with Crippen molar-refractivity contribution in [1.29, 1.82) is 0 Å². The molecular formula is C10H11N3O3S2. The summed E-state index contributed by atoms with van der Waals surface area (Å²) in [6.45, 7) is 1.75. The molecule has 0 amide bonds. The fourth-order valence-electron chi connectivity index (χ4n) is 1.23. The predicted molar refractivity (Wildman–Crippen MR) is 68.4 cm³/mol. The lowest BCUT2D eigenvalue weighted by Crippen LogP contribution is -2.11. The van der Waals surface area contributed by atoms with Gasteiger partial charge in [-0.15, -0.1) is 11.3 Å². The van der Waals surface area contributed by atoms with Crippen molar-refractivity contribution in [2.24, 2.45) is 0 Å². The largest absolute Gasteiger partial charge is 0.481 e. The van der Waals surface area contributed by atoms with E-state index in [0.29, 0.717) is 16.6 Å². The molecule has 0 aromatic carbocycles. The molecule has 0 atom stereocenters. The molecule has 0 radical (unpaired) electrons. The van der Waals surface area contributed by atoms with Gasteiger partial charge in [-0.25, -0.2) is 18.4 Å². The first kappa shape index (κ1) is 12.8. The maximum absolute atomic E-state index is 12.0.